The largest absolute Gasteiger partial charge is 0.392 e. The van der Waals surface area contributed by atoms with E-state index in [1.807, 2.05) is 31.2 Å². The third-order valence-electron chi connectivity index (χ3n) is 3.88. The maximum absolute atomic E-state index is 12.6. The molecule has 0 aromatic heterocycles. The lowest BCUT2D eigenvalue weighted by Gasteiger charge is -2.25. The molecule has 0 fully saturated rings. The molecule has 3 rings (SSSR count). The number of carbonyl (C=O) groups is 2. The molecule has 0 saturated heterocycles. The summed E-state index contributed by atoms with van der Waals surface area (Å²) in [7, 11) is 0. The Bertz CT molecular complexity index is 666. The smallest absolute Gasteiger partial charge is 0.319 e. The summed E-state index contributed by atoms with van der Waals surface area (Å²) in [6.45, 7) is 4.19. The standard InChI is InChI=1S/C16H19N3O3/c1-9-4-3-5-11(6-9)14-13-12(17-16(22)18-14)8-19(15(13)21)7-10(2)20/h3-6,10,14,20H,7-8H2,1-2H3,(H2,17,18,22)/t10-,14-/m0/s1. The average molecular weight is 301 g/mol. The van der Waals surface area contributed by atoms with Crippen molar-refractivity contribution in [2.24, 2.45) is 0 Å². The van der Waals surface area contributed by atoms with E-state index in [0.29, 0.717) is 17.8 Å². The number of hydrogen-bond donors (Lipinski definition) is 3. The summed E-state index contributed by atoms with van der Waals surface area (Å²) < 4.78 is 0. The second-order valence-electron chi connectivity index (χ2n) is 5.87. The van der Waals surface area contributed by atoms with Crippen LogP contribution in [0.3, 0.4) is 0 Å². The van der Waals surface area contributed by atoms with Gasteiger partial charge in [0.15, 0.2) is 0 Å². The molecule has 2 aliphatic rings. The maximum atomic E-state index is 12.6. The van der Waals surface area contributed by atoms with E-state index in [0.717, 1.165) is 11.1 Å². The fourth-order valence-corrected chi connectivity index (χ4v) is 2.99. The van der Waals surface area contributed by atoms with Crippen molar-refractivity contribution in [2.45, 2.75) is 26.0 Å². The predicted octanol–water partition coefficient (Wildman–Crippen LogP) is 0.826. The average Bonchev–Trinajstić information content (AvgIpc) is 2.73. The first kappa shape index (κ1) is 14.6. The molecule has 3 N–H and O–H groups in total. The molecule has 0 bridgehead atoms. The molecule has 0 spiro atoms. The van der Waals surface area contributed by atoms with Crippen molar-refractivity contribution in [1.82, 2.24) is 15.5 Å². The van der Waals surface area contributed by atoms with Crippen molar-refractivity contribution in [3.8, 4) is 0 Å². The van der Waals surface area contributed by atoms with Crippen LogP contribution < -0.4 is 10.6 Å². The number of aliphatic hydroxyl groups is 1. The number of aryl methyl sites for hydroxylation is 1. The van der Waals surface area contributed by atoms with Gasteiger partial charge in [-0.2, -0.15) is 0 Å². The molecule has 2 atom stereocenters. The van der Waals surface area contributed by atoms with E-state index in [1.165, 1.54) is 0 Å². The van der Waals surface area contributed by atoms with E-state index < -0.39 is 12.1 Å². The molecule has 0 aliphatic carbocycles. The van der Waals surface area contributed by atoms with Gasteiger partial charge in [0.05, 0.1) is 30.0 Å². The minimum Gasteiger partial charge on any atom is -0.392 e. The molecule has 1 aromatic rings. The van der Waals surface area contributed by atoms with E-state index in [9.17, 15) is 14.7 Å². The minimum atomic E-state index is -0.605. The van der Waals surface area contributed by atoms with Gasteiger partial charge in [-0.3, -0.25) is 4.79 Å². The summed E-state index contributed by atoms with van der Waals surface area (Å²) in [6, 6.07) is 6.99. The second kappa shape index (κ2) is 5.46. The van der Waals surface area contributed by atoms with Crippen molar-refractivity contribution in [1.29, 1.82) is 0 Å². The summed E-state index contributed by atoms with van der Waals surface area (Å²) in [5.74, 6) is -0.144. The Morgan fingerprint density at radius 3 is 2.86 bits per heavy atom. The zero-order chi connectivity index (χ0) is 15.9. The predicted molar refractivity (Wildman–Crippen MR) is 80.9 cm³/mol. The zero-order valence-electron chi connectivity index (χ0n) is 12.6. The number of hydrogen-bond acceptors (Lipinski definition) is 3. The number of amides is 3. The third-order valence-corrected chi connectivity index (χ3v) is 3.88. The van der Waals surface area contributed by atoms with E-state index in [1.54, 1.807) is 11.8 Å². The lowest BCUT2D eigenvalue weighted by molar-refractivity contribution is -0.126. The Labute approximate surface area is 128 Å². The van der Waals surface area contributed by atoms with Gasteiger partial charge in [0.25, 0.3) is 5.91 Å². The molecule has 116 valence electrons. The monoisotopic (exact) mass is 301 g/mol. The summed E-state index contributed by atoms with van der Waals surface area (Å²) in [5, 5.41) is 15.0. The summed E-state index contributed by atoms with van der Waals surface area (Å²) in [6.07, 6.45) is -0.605. The first-order valence-electron chi connectivity index (χ1n) is 7.30. The summed E-state index contributed by atoms with van der Waals surface area (Å²) in [4.78, 5) is 26.1. The molecule has 2 aliphatic heterocycles. The number of nitrogens with one attached hydrogen (secondary N) is 2. The third kappa shape index (κ3) is 2.57. The number of aliphatic hydroxyl groups excluding tert-OH is 1. The van der Waals surface area contributed by atoms with Gasteiger partial charge in [-0.25, -0.2) is 4.79 Å². The fourth-order valence-electron chi connectivity index (χ4n) is 2.99. The number of carbonyl (C=O) groups excluding carboxylic acids is 2. The molecule has 0 radical (unpaired) electrons. The van der Waals surface area contributed by atoms with Gasteiger partial charge < -0.3 is 20.6 Å². The van der Waals surface area contributed by atoms with Gasteiger partial charge in [0, 0.05) is 6.54 Å². The first-order chi connectivity index (χ1) is 10.5. The minimum absolute atomic E-state index is 0.144. The Hall–Kier alpha value is -2.34. The van der Waals surface area contributed by atoms with Crippen LogP contribution in [0.15, 0.2) is 35.5 Å². The molecule has 2 heterocycles. The molecule has 6 heteroatoms. The number of rotatable bonds is 3. The van der Waals surface area contributed by atoms with Gasteiger partial charge in [0.2, 0.25) is 0 Å². The molecule has 6 nitrogen and oxygen atoms in total. The van der Waals surface area contributed by atoms with Crippen molar-refractivity contribution < 1.29 is 14.7 Å². The van der Waals surface area contributed by atoms with Crippen LogP contribution in [0.1, 0.15) is 24.1 Å². The van der Waals surface area contributed by atoms with Gasteiger partial charge in [-0.05, 0) is 19.4 Å². The highest BCUT2D eigenvalue weighted by Crippen LogP contribution is 2.32. The SMILES string of the molecule is Cc1cccc([C@@H]2NC(=O)NC3=C2C(=O)N(C[C@H](C)O)C3)c1. The van der Waals surface area contributed by atoms with Crippen LogP contribution in [0.25, 0.3) is 0 Å². The molecule has 0 saturated carbocycles. The van der Waals surface area contributed by atoms with Gasteiger partial charge >= 0.3 is 6.03 Å². The topological polar surface area (TPSA) is 81.7 Å². The van der Waals surface area contributed by atoms with E-state index in [2.05, 4.69) is 10.6 Å². The molecule has 3 amide bonds. The van der Waals surface area contributed by atoms with E-state index in [4.69, 9.17) is 0 Å². The van der Waals surface area contributed by atoms with Crippen molar-refractivity contribution in [3.63, 3.8) is 0 Å². The van der Waals surface area contributed by atoms with E-state index in [-0.39, 0.29) is 18.5 Å². The van der Waals surface area contributed by atoms with Crippen molar-refractivity contribution >= 4 is 11.9 Å². The fraction of sp³-hybridized carbons (Fsp3) is 0.375. The Morgan fingerprint density at radius 1 is 1.41 bits per heavy atom. The van der Waals surface area contributed by atoms with Crippen LogP contribution in [-0.2, 0) is 4.79 Å². The lowest BCUT2D eigenvalue weighted by Crippen LogP contribution is -2.44. The highest BCUT2D eigenvalue weighted by molar-refractivity contribution is 6.01. The Kier molecular flexibility index (Phi) is 3.62. The second-order valence-corrected chi connectivity index (χ2v) is 5.87. The number of urea groups is 1. The number of nitrogens with zero attached hydrogens (tertiary/aromatic N) is 1. The van der Waals surface area contributed by atoms with Crippen LogP contribution in [0.5, 0.6) is 0 Å². The van der Waals surface area contributed by atoms with Gasteiger partial charge in [-0.1, -0.05) is 29.8 Å². The first-order valence-corrected chi connectivity index (χ1v) is 7.30. The van der Waals surface area contributed by atoms with Crippen LogP contribution >= 0.6 is 0 Å². The molecule has 0 unspecified atom stereocenters. The normalized spacial score (nSPS) is 22.3. The summed E-state index contributed by atoms with van der Waals surface area (Å²) in [5.41, 5.74) is 3.14. The van der Waals surface area contributed by atoms with Crippen molar-refractivity contribution in [3.05, 3.63) is 46.7 Å². The number of benzene rings is 1. The quantitative estimate of drug-likeness (QED) is 0.773. The maximum Gasteiger partial charge on any atom is 0.319 e. The van der Waals surface area contributed by atoms with Gasteiger partial charge in [0.1, 0.15) is 0 Å². The molecule has 22 heavy (non-hydrogen) atoms. The number of β-amino-alcohol motifs (C(OH)–C–C–N with tert-alkyl or cyclic N) is 1. The van der Waals surface area contributed by atoms with E-state index >= 15 is 0 Å². The van der Waals surface area contributed by atoms with Gasteiger partial charge in [-0.15, -0.1) is 0 Å². The molecule has 1 aromatic carbocycles. The Balaban J connectivity index is 1.96. The van der Waals surface area contributed by atoms with Crippen molar-refractivity contribution in [2.75, 3.05) is 13.1 Å². The van der Waals surface area contributed by atoms with Crippen LogP contribution in [-0.4, -0.2) is 41.1 Å². The molecular formula is C16H19N3O3. The van der Waals surface area contributed by atoms with Crippen LogP contribution in [0.4, 0.5) is 4.79 Å². The Morgan fingerprint density at radius 2 is 2.18 bits per heavy atom. The van der Waals surface area contributed by atoms with Crippen LogP contribution in [0, 0.1) is 6.92 Å². The highest BCUT2D eigenvalue weighted by Gasteiger charge is 2.40. The molecular weight excluding hydrogens is 282 g/mol. The highest BCUT2D eigenvalue weighted by atomic mass is 16.3. The van der Waals surface area contributed by atoms with Crippen LogP contribution in [0.2, 0.25) is 0 Å². The lowest BCUT2D eigenvalue weighted by atomic mass is 9.95. The zero-order valence-corrected chi connectivity index (χ0v) is 12.6. The summed E-state index contributed by atoms with van der Waals surface area (Å²) >= 11 is 0.